The zero-order valence-corrected chi connectivity index (χ0v) is 27.3. The molecule has 0 aliphatic carbocycles. The lowest BCUT2D eigenvalue weighted by Crippen LogP contribution is -1.97. The molecule has 0 fully saturated rings. The molecular formula is C45H28N6. The SMILES string of the molecule is c1ccc(-c2nc3nc(-c4cccc(-n5c6ccccc6c6cc7c(cc65)c5ccccc5n7-c5ccccc5)c4)nn3c3ccccc23)cc1. The van der Waals surface area contributed by atoms with Crippen LogP contribution in [0.2, 0.25) is 0 Å². The van der Waals surface area contributed by atoms with E-state index in [0.717, 1.165) is 50.1 Å². The largest absolute Gasteiger partial charge is 0.309 e. The van der Waals surface area contributed by atoms with Crippen LogP contribution in [0.5, 0.6) is 0 Å². The summed E-state index contributed by atoms with van der Waals surface area (Å²) in [4.78, 5) is 10.0. The second-order valence-corrected chi connectivity index (χ2v) is 13.0. The molecule has 6 heteroatoms. The fraction of sp³-hybridized carbons (Fsp3) is 0. The molecule has 0 aliphatic heterocycles. The Kier molecular flexibility index (Phi) is 5.86. The van der Waals surface area contributed by atoms with Crippen molar-refractivity contribution in [2.75, 3.05) is 0 Å². The quantitative estimate of drug-likeness (QED) is 0.190. The van der Waals surface area contributed by atoms with Crippen LogP contribution in [0.15, 0.2) is 170 Å². The minimum Gasteiger partial charge on any atom is -0.309 e. The maximum Gasteiger partial charge on any atom is 0.253 e. The van der Waals surface area contributed by atoms with Gasteiger partial charge in [-0.3, -0.25) is 0 Å². The Morgan fingerprint density at radius 2 is 0.882 bits per heavy atom. The Balaban J connectivity index is 1.13. The lowest BCUT2D eigenvalue weighted by Gasteiger charge is -2.10. The van der Waals surface area contributed by atoms with E-state index >= 15 is 0 Å². The zero-order chi connectivity index (χ0) is 33.5. The van der Waals surface area contributed by atoms with Crippen molar-refractivity contribution in [2.24, 2.45) is 0 Å². The maximum atomic E-state index is 5.03. The number of hydrogen-bond donors (Lipinski definition) is 0. The number of para-hydroxylation sites is 4. The molecule has 4 aromatic heterocycles. The average Bonchev–Trinajstić information content (AvgIpc) is 3.88. The monoisotopic (exact) mass is 652 g/mol. The first-order valence-electron chi connectivity index (χ1n) is 17.1. The average molecular weight is 653 g/mol. The summed E-state index contributed by atoms with van der Waals surface area (Å²) in [7, 11) is 0. The Morgan fingerprint density at radius 1 is 0.353 bits per heavy atom. The van der Waals surface area contributed by atoms with Crippen LogP contribution in [0.4, 0.5) is 0 Å². The molecule has 6 nitrogen and oxygen atoms in total. The van der Waals surface area contributed by atoms with Crippen LogP contribution in [0.25, 0.3) is 94.3 Å². The van der Waals surface area contributed by atoms with Gasteiger partial charge in [0.05, 0.1) is 33.3 Å². The Hall–Kier alpha value is -7.05. The first-order chi connectivity index (χ1) is 25.3. The van der Waals surface area contributed by atoms with Crippen LogP contribution in [0.3, 0.4) is 0 Å². The van der Waals surface area contributed by atoms with E-state index < -0.39 is 0 Å². The van der Waals surface area contributed by atoms with Gasteiger partial charge in [-0.2, -0.15) is 9.50 Å². The molecule has 11 aromatic rings. The third-order valence-electron chi connectivity index (χ3n) is 10.1. The summed E-state index contributed by atoms with van der Waals surface area (Å²) < 4.78 is 6.62. The number of fused-ring (bicyclic) bond motifs is 9. The maximum absolute atomic E-state index is 5.03. The first-order valence-corrected chi connectivity index (χ1v) is 17.1. The minimum atomic E-state index is 0.571. The van der Waals surface area contributed by atoms with Gasteiger partial charge in [-0.15, -0.1) is 5.10 Å². The summed E-state index contributed by atoms with van der Waals surface area (Å²) >= 11 is 0. The van der Waals surface area contributed by atoms with Gasteiger partial charge < -0.3 is 9.13 Å². The van der Waals surface area contributed by atoms with Crippen molar-refractivity contribution in [1.82, 2.24) is 28.7 Å². The van der Waals surface area contributed by atoms with Crippen molar-refractivity contribution < 1.29 is 0 Å². The predicted octanol–water partition coefficient (Wildman–Crippen LogP) is 10.8. The van der Waals surface area contributed by atoms with Crippen LogP contribution >= 0.6 is 0 Å². The van der Waals surface area contributed by atoms with Gasteiger partial charge in [0.2, 0.25) is 0 Å². The normalized spacial score (nSPS) is 11.9. The minimum absolute atomic E-state index is 0.571. The molecule has 0 spiro atoms. The summed E-state index contributed by atoms with van der Waals surface area (Å²) in [5.74, 6) is 1.20. The van der Waals surface area contributed by atoms with Crippen LogP contribution in [-0.2, 0) is 0 Å². The molecular weight excluding hydrogens is 625 g/mol. The van der Waals surface area contributed by atoms with Crippen molar-refractivity contribution in [3.8, 4) is 34.0 Å². The molecule has 0 N–H and O–H groups in total. The molecule has 4 heterocycles. The van der Waals surface area contributed by atoms with Crippen LogP contribution in [0.1, 0.15) is 0 Å². The van der Waals surface area contributed by atoms with Crippen LogP contribution in [-0.4, -0.2) is 28.7 Å². The van der Waals surface area contributed by atoms with Crippen molar-refractivity contribution >= 4 is 60.3 Å². The smallest absolute Gasteiger partial charge is 0.253 e. The molecule has 0 amide bonds. The number of nitrogens with zero attached hydrogens (tertiary/aromatic N) is 6. The van der Waals surface area contributed by atoms with E-state index in [1.165, 1.54) is 32.6 Å². The van der Waals surface area contributed by atoms with Crippen molar-refractivity contribution in [3.63, 3.8) is 0 Å². The third-order valence-corrected chi connectivity index (χ3v) is 10.1. The van der Waals surface area contributed by atoms with E-state index in [-0.39, 0.29) is 0 Å². The van der Waals surface area contributed by atoms with Gasteiger partial charge in [-0.25, -0.2) is 4.98 Å². The number of rotatable bonds is 4. The Labute approximate surface area is 292 Å². The van der Waals surface area contributed by atoms with Crippen molar-refractivity contribution in [2.45, 2.75) is 0 Å². The molecule has 0 unspecified atom stereocenters. The highest BCUT2D eigenvalue weighted by Crippen LogP contribution is 2.40. The van der Waals surface area contributed by atoms with Gasteiger partial charge >= 0.3 is 0 Å². The molecule has 0 atom stereocenters. The molecule has 51 heavy (non-hydrogen) atoms. The van der Waals surface area contributed by atoms with E-state index in [0.29, 0.717) is 11.6 Å². The number of aromatic nitrogens is 6. The lowest BCUT2D eigenvalue weighted by atomic mass is 10.1. The fourth-order valence-corrected chi connectivity index (χ4v) is 7.84. The predicted molar refractivity (Wildman–Crippen MR) is 208 cm³/mol. The summed E-state index contributed by atoms with van der Waals surface area (Å²) in [5, 5.41) is 10.9. The van der Waals surface area contributed by atoms with Crippen LogP contribution in [0, 0.1) is 0 Å². The summed E-state index contributed by atoms with van der Waals surface area (Å²) in [5.41, 5.74) is 10.7. The van der Waals surface area contributed by atoms with Crippen molar-refractivity contribution in [3.05, 3.63) is 170 Å². The zero-order valence-electron chi connectivity index (χ0n) is 27.3. The van der Waals surface area contributed by atoms with E-state index in [4.69, 9.17) is 15.1 Å². The highest BCUT2D eigenvalue weighted by Gasteiger charge is 2.20. The molecule has 0 bridgehead atoms. The van der Waals surface area contributed by atoms with Gasteiger partial charge in [0, 0.05) is 49.4 Å². The Bertz CT molecular complexity index is 3130. The molecule has 11 rings (SSSR count). The highest BCUT2D eigenvalue weighted by atomic mass is 15.3. The highest BCUT2D eigenvalue weighted by molar-refractivity contribution is 6.19. The van der Waals surface area contributed by atoms with E-state index in [1.54, 1.807) is 0 Å². The summed E-state index contributed by atoms with van der Waals surface area (Å²) in [6, 6.07) is 59.8. The summed E-state index contributed by atoms with van der Waals surface area (Å²) in [6.45, 7) is 0. The van der Waals surface area contributed by atoms with Crippen molar-refractivity contribution in [1.29, 1.82) is 0 Å². The Morgan fingerprint density at radius 3 is 1.57 bits per heavy atom. The number of benzene rings is 7. The molecule has 0 saturated carbocycles. The first kappa shape index (κ1) is 27.9. The molecule has 0 saturated heterocycles. The molecule has 7 aromatic carbocycles. The second-order valence-electron chi connectivity index (χ2n) is 13.0. The van der Waals surface area contributed by atoms with Crippen LogP contribution < -0.4 is 0 Å². The van der Waals surface area contributed by atoms with Gasteiger partial charge in [-0.05, 0) is 54.6 Å². The summed E-state index contributed by atoms with van der Waals surface area (Å²) in [6.07, 6.45) is 0. The molecule has 238 valence electrons. The van der Waals surface area contributed by atoms with E-state index in [9.17, 15) is 0 Å². The van der Waals surface area contributed by atoms with E-state index in [1.807, 2.05) is 34.8 Å². The van der Waals surface area contributed by atoms with Gasteiger partial charge in [0.15, 0.2) is 5.82 Å². The van der Waals surface area contributed by atoms with Gasteiger partial charge in [0.25, 0.3) is 5.78 Å². The fourth-order valence-electron chi connectivity index (χ4n) is 7.84. The molecule has 0 aliphatic rings. The number of hydrogen-bond acceptors (Lipinski definition) is 3. The van der Waals surface area contributed by atoms with Gasteiger partial charge in [0.1, 0.15) is 0 Å². The second kappa shape index (κ2) is 10.7. The van der Waals surface area contributed by atoms with Gasteiger partial charge in [-0.1, -0.05) is 115 Å². The third kappa shape index (κ3) is 4.14. The topological polar surface area (TPSA) is 52.9 Å². The standard InChI is InChI=1S/C45H28N6/c1-3-14-29(15-4-1)43-35-22-9-12-25-40(35)51-45(46-43)47-44(48-51)30-16-13-19-32(26-30)50-39-24-11-8-21-34(39)37-27-41-36(28-42(37)50)33-20-7-10-23-38(33)49(41)31-17-5-2-6-18-31/h1-28H. The molecule has 0 radical (unpaired) electrons. The van der Waals surface area contributed by atoms with E-state index in [2.05, 4.69) is 149 Å². The lowest BCUT2D eigenvalue weighted by molar-refractivity contribution is 0.988.